The van der Waals surface area contributed by atoms with Gasteiger partial charge in [0.2, 0.25) is 17.7 Å². The van der Waals surface area contributed by atoms with Crippen LogP contribution in [0.15, 0.2) is 54.7 Å². The molecule has 0 spiro atoms. The number of aromatic nitrogens is 5. The lowest BCUT2D eigenvalue weighted by atomic mass is 9.79. The number of benzene rings is 2. The van der Waals surface area contributed by atoms with E-state index in [2.05, 4.69) is 42.3 Å². The fraction of sp³-hybridized carbons (Fsp3) is 0.500. The minimum absolute atomic E-state index is 0.0126. The molecule has 3 amide bonds. The summed E-state index contributed by atoms with van der Waals surface area (Å²) in [5.41, 5.74) is 5.59. The number of aromatic amines is 2. The standard InChI is InChI=1S/C42H53N10O4/c1-7-24(2)37(39(54)44-20-25-22-51(49-48-25)26-18-41(3,4)52(56)42(5,6)19-26)47-38(53)36-17-30-28-13-9-11-15-32(28)46-35(30)23-50(36)40(55)33-16-29-27-12-8-10-14-31(27)45-34(29)21-43-33/h8-15,22,24,26,33,36-37,43,45-46H,7,16-21,23H2,1-6H3,(H,44,54)(H,47,53)/t24-,33+,36+,37-/m1/s1. The fourth-order valence-corrected chi connectivity index (χ4v) is 9.40. The lowest BCUT2D eigenvalue weighted by molar-refractivity contribution is -0.293. The average molecular weight is 762 g/mol. The Bertz CT molecular complexity index is 2270. The van der Waals surface area contributed by atoms with Gasteiger partial charge < -0.3 is 25.5 Å². The number of hydroxylamine groups is 2. The Balaban J connectivity index is 1.00. The van der Waals surface area contributed by atoms with Gasteiger partial charge in [-0.2, -0.15) is 0 Å². The number of H-pyrrole nitrogens is 2. The van der Waals surface area contributed by atoms with Crippen LogP contribution in [0.5, 0.6) is 0 Å². The zero-order valence-electron chi connectivity index (χ0n) is 33.1. The van der Waals surface area contributed by atoms with Crippen LogP contribution in [0, 0.1) is 5.92 Å². The van der Waals surface area contributed by atoms with Gasteiger partial charge in [0.05, 0.1) is 31.4 Å². The molecule has 56 heavy (non-hydrogen) atoms. The molecular formula is C42H53N10O4. The molecule has 1 saturated heterocycles. The maximum atomic E-state index is 14.6. The highest BCUT2D eigenvalue weighted by Gasteiger charge is 2.47. The van der Waals surface area contributed by atoms with E-state index in [-0.39, 0.29) is 42.8 Å². The summed E-state index contributed by atoms with van der Waals surface area (Å²) in [7, 11) is 0. The van der Waals surface area contributed by atoms with Gasteiger partial charge in [0.15, 0.2) is 0 Å². The van der Waals surface area contributed by atoms with E-state index in [0.29, 0.717) is 44.3 Å². The quantitative estimate of drug-likeness (QED) is 0.146. The molecule has 5 N–H and O–H groups in total. The summed E-state index contributed by atoms with van der Waals surface area (Å²) in [4.78, 5) is 51.7. The molecule has 3 aromatic heterocycles. The lowest BCUT2D eigenvalue weighted by Gasteiger charge is -2.49. The van der Waals surface area contributed by atoms with Crippen LogP contribution >= 0.6 is 0 Å². The molecule has 5 aromatic rings. The van der Waals surface area contributed by atoms with Crippen molar-refractivity contribution in [2.24, 2.45) is 5.92 Å². The number of para-hydroxylation sites is 2. The Morgan fingerprint density at radius 3 is 2.20 bits per heavy atom. The van der Waals surface area contributed by atoms with E-state index in [0.717, 1.165) is 44.3 Å². The molecule has 3 aliphatic rings. The molecule has 0 bridgehead atoms. The molecule has 3 aliphatic heterocycles. The van der Waals surface area contributed by atoms with E-state index < -0.39 is 29.2 Å². The monoisotopic (exact) mass is 761 g/mol. The van der Waals surface area contributed by atoms with Gasteiger partial charge in [0.1, 0.15) is 17.8 Å². The van der Waals surface area contributed by atoms with Crippen LogP contribution in [0.2, 0.25) is 0 Å². The summed E-state index contributed by atoms with van der Waals surface area (Å²) >= 11 is 0. The zero-order chi connectivity index (χ0) is 39.5. The van der Waals surface area contributed by atoms with Crippen molar-refractivity contribution in [3.05, 3.63) is 82.9 Å². The molecule has 0 aliphatic carbocycles. The topological polar surface area (TPSA) is 176 Å². The van der Waals surface area contributed by atoms with Crippen molar-refractivity contribution in [3.8, 4) is 0 Å². The summed E-state index contributed by atoms with van der Waals surface area (Å²) < 4.78 is 1.81. The number of carbonyl (C=O) groups excluding carboxylic acids is 3. The average Bonchev–Trinajstić information content (AvgIpc) is 3.91. The first kappa shape index (κ1) is 37.9. The number of fused-ring (bicyclic) bond motifs is 6. The van der Waals surface area contributed by atoms with Gasteiger partial charge >= 0.3 is 0 Å². The number of hydrogen-bond donors (Lipinski definition) is 5. The highest BCUT2D eigenvalue weighted by molar-refractivity contribution is 5.96. The molecule has 8 rings (SSSR count). The third kappa shape index (κ3) is 6.87. The van der Waals surface area contributed by atoms with Crippen LogP contribution in [0.25, 0.3) is 21.8 Å². The van der Waals surface area contributed by atoms with E-state index in [1.165, 1.54) is 5.06 Å². The highest BCUT2D eigenvalue weighted by Crippen LogP contribution is 2.42. The van der Waals surface area contributed by atoms with Gasteiger partial charge in [-0.3, -0.25) is 19.7 Å². The Kier molecular flexibility index (Phi) is 9.78. The molecule has 1 fully saturated rings. The second-order valence-corrected chi connectivity index (χ2v) is 17.3. The Morgan fingerprint density at radius 1 is 0.911 bits per heavy atom. The highest BCUT2D eigenvalue weighted by atomic mass is 16.5. The van der Waals surface area contributed by atoms with Crippen molar-refractivity contribution in [1.29, 1.82) is 0 Å². The maximum Gasteiger partial charge on any atom is 0.243 e. The molecule has 14 heteroatoms. The van der Waals surface area contributed by atoms with Crippen molar-refractivity contribution in [2.75, 3.05) is 0 Å². The van der Waals surface area contributed by atoms with E-state index in [1.54, 1.807) is 9.58 Å². The molecule has 14 nitrogen and oxygen atoms in total. The van der Waals surface area contributed by atoms with Gasteiger partial charge in [-0.15, -0.1) is 15.4 Å². The van der Waals surface area contributed by atoms with Gasteiger partial charge in [0, 0.05) is 57.2 Å². The molecule has 295 valence electrons. The first-order valence-corrected chi connectivity index (χ1v) is 19.9. The Morgan fingerprint density at radius 2 is 1.54 bits per heavy atom. The second-order valence-electron chi connectivity index (χ2n) is 17.3. The SMILES string of the molecule is CC[C@@H](C)[C@@H](NC(=O)[C@@H]1Cc2c([nH]c3ccccc23)CN1C(=O)[C@@H]1Cc2c([nH]c3ccccc23)CN1)C(=O)NCc1cn(C2CC(C)(C)N([O])C(C)(C)C2)nn1. The predicted octanol–water partition coefficient (Wildman–Crippen LogP) is 4.60. The Hall–Kier alpha value is -5.05. The van der Waals surface area contributed by atoms with Crippen LogP contribution in [0.1, 0.15) is 95.1 Å². The van der Waals surface area contributed by atoms with Gasteiger partial charge in [-0.1, -0.05) is 61.9 Å². The van der Waals surface area contributed by atoms with Crippen LogP contribution in [-0.4, -0.2) is 81.8 Å². The van der Waals surface area contributed by atoms with Crippen LogP contribution in [0.4, 0.5) is 0 Å². The largest absolute Gasteiger partial charge is 0.357 e. The van der Waals surface area contributed by atoms with Gasteiger partial charge in [0.25, 0.3) is 0 Å². The van der Waals surface area contributed by atoms with Gasteiger partial charge in [-0.05, 0) is 76.1 Å². The first-order valence-electron chi connectivity index (χ1n) is 19.9. The summed E-state index contributed by atoms with van der Waals surface area (Å²) in [6.45, 7) is 12.6. The number of nitrogens with one attached hydrogen (secondary N) is 5. The summed E-state index contributed by atoms with van der Waals surface area (Å²) in [5.74, 6) is -1.02. The number of hydrogen-bond acceptors (Lipinski definition) is 7. The number of amides is 3. The van der Waals surface area contributed by atoms with Crippen molar-refractivity contribution in [2.45, 2.75) is 129 Å². The van der Waals surface area contributed by atoms with Gasteiger partial charge in [-0.25, -0.2) is 4.68 Å². The predicted molar refractivity (Wildman–Crippen MR) is 211 cm³/mol. The number of rotatable bonds is 9. The fourth-order valence-electron chi connectivity index (χ4n) is 9.40. The number of carbonyl (C=O) groups is 3. The number of nitrogens with zero attached hydrogens (tertiary/aromatic N) is 5. The molecular weight excluding hydrogens is 709 g/mol. The second kappa shape index (κ2) is 14.5. The molecule has 0 saturated carbocycles. The molecule has 0 unspecified atom stereocenters. The first-order chi connectivity index (χ1) is 26.7. The molecule has 6 heterocycles. The van der Waals surface area contributed by atoms with E-state index >= 15 is 0 Å². The third-order valence-corrected chi connectivity index (χ3v) is 12.5. The molecule has 2 aromatic carbocycles. The molecule has 4 atom stereocenters. The summed E-state index contributed by atoms with van der Waals surface area (Å²) in [6, 6.07) is 13.9. The Labute approximate surface area is 326 Å². The van der Waals surface area contributed by atoms with E-state index in [9.17, 15) is 19.6 Å². The minimum Gasteiger partial charge on any atom is -0.357 e. The van der Waals surface area contributed by atoms with Crippen LogP contribution < -0.4 is 16.0 Å². The van der Waals surface area contributed by atoms with Crippen molar-refractivity contribution < 1.29 is 19.6 Å². The lowest BCUT2D eigenvalue weighted by Crippen LogP contribution is -2.60. The van der Waals surface area contributed by atoms with Crippen LogP contribution in [-0.2, 0) is 52.1 Å². The van der Waals surface area contributed by atoms with E-state index in [4.69, 9.17) is 0 Å². The van der Waals surface area contributed by atoms with Crippen molar-refractivity contribution in [1.82, 2.24) is 50.9 Å². The van der Waals surface area contributed by atoms with Crippen molar-refractivity contribution in [3.63, 3.8) is 0 Å². The maximum absolute atomic E-state index is 14.6. The summed E-state index contributed by atoms with van der Waals surface area (Å²) in [5, 5.41) is 34.5. The minimum atomic E-state index is -0.839. The van der Waals surface area contributed by atoms with E-state index in [1.807, 2.05) is 90.2 Å². The summed E-state index contributed by atoms with van der Waals surface area (Å²) in [6.07, 6.45) is 4.55. The smallest absolute Gasteiger partial charge is 0.243 e. The normalized spacial score (nSPS) is 22.0. The third-order valence-electron chi connectivity index (χ3n) is 12.5. The van der Waals surface area contributed by atoms with Crippen LogP contribution in [0.3, 0.4) is 0 Å². The number of piperidine rings is 1. The zero-order valence-corrected chi connectivity index (χ0v) is 33.1. The molecule has 1 radical (unpaired) electrons. The van der Waals surface area contributed by atoms with Crippen molar-refractivity contribution >= 4 is 39.5 Å².